The minimum atomic E-state index is -1.23. The predicted molar refractivity (Wildman–Crippen MR) is 116 cm³/mol. The van der Waals surface area contributed by atoms with Crippen molar-refractivity contribution in [1.82, 2.24) is 9.78 Å². The van der Waals surface area contributed by atoms with Crippen LogP contribution < -0.4 is 0 Å². The molecule has 0 bridgehead atoms. The van der Waals surface area contributed by atoms with Gasteiger partial charge < -0.3 is 0 Å². The SMILES string of the molecule is O=S(/C=C/c1cn(-c2ccccc2)nc1-c1ccc(Cl)cc1)c1ccccc1. The van der Waals surface area contributed by atoms with E-state index in [0.717, 1.165) is 27.4 Å². The first-order valence-electron chi connectivity index (χ1n) is 8.75. The quantitative estimate of drug-likeness (QED) is 0.410. The van der Waals surface area contributed by atoms with Crippen LogP contribution in [0.15, 0.2) is 101 Å². The van der Waals surface area contributed by atoms with Gasteiger partial charge in [-0.25, -0.2) is 8.89 Å². The number of rotatable bonds is 5. The van der Waals surface area contributed by atoms with Crippen LogP contribution in [0.1, 0.15) is 5.56 Å². The van der Waals surface area contributed by atoms with E-state index in [4.69, 9.17) is 16.7 Å². The Morgan fingerprint density at radius 3 is 2.18 bits per heavy atom. The molecular formula is C23H17ClN2OS. The van der Waals surface area contributed by atoms with Crippen molar-refractivity contribution < 1.29 is 4.21 Å². The molecule has 0 aliphatic rings. The molecule has 3 aromatic carbocycles. The molecule has 4 rings (SSSR count). The summed E-state index contributed by atoms with van der Waals surface area (Å²) in [7, 11) is -1.23. The molecule has 5 heteroatoms. The number of hydrogen-bond donors (Lipinski definition) is 0. The minimum Gasteiger partial charge on any atom is -0.250 e. The lowest BCUT2D eigenvalue weighted by atomic mass is 10.1. The fourth-order valence-corrected chi connectivity index (χ4v) is 3.80. The lowest BCUT2D eigenvalue weighted by Crippen LogP contribution is -1.93. The smallest absolute Gasteiger partial charge is 0.1000 e. The third-order valence-corrected chi connectivity index (χ3v) is 5.60. The molecule has 3 nitrogen and oxygen atoms in total. The molecule has 138 valence electrons. The molecule has 0 amide bonds. The lowest BCUT2D eigenvalue weighted by Gasteiger charge is -2.01. The summed E-state index contributed by atoms with van der Waals surface area (Å²) in [5, 5.41) is 7.12. The van der Waals surface area contributed by atoms with Gasteiger partial charge >= 0.3 is 0 Å². The van der Waals surface area contributed by atoms with E-state index >= 15 is 0 Å². The molecule has 28 heavy (non-hydrogen) atoms. The second kappa shape index (κ2) is 8.38. The van der Waals surface area contributed by atoms with Gasteiger partial charge in [-0.2, -0.15) is 5.10 Å². The van der Waals surface area contributed by atoms with Crippen molar-refractivity contribution in [3.63, 3.8) is 0 Å². The Labute approximate surface area is 171 Å². The number of hydrogen-bond acceptors (Lipinski definition) is 2. The summed E-state index contributed by atoms with van der Waals surface area (Å²) in [6.45, 7) is 0. The van der Waals surface area contributed by atoms with E-state index in [0.29, 0.717) is 5.02 Å². The highest BCUT2D eigenvalue weighted by molar-refractivity contribution is 7.88. The Hall–Kier alpha value is -2.95. The van der Waals surface area contributed by atoms with Crippen molar-refractivity contribution >= 4 is 28.5 Å². The maximum Gasteiger partial charge on any atom is 0.1000 e. The van der Waals surface area contributed by atoms with E-state index in [-0.39, 0.29) is 0 Å². The first-order chi connectivity index (χ1) is 13.7. The Bertz CT molecular complexity index is 1120. The summed E-state index contributed by atoms with van der Waals surface area (Å²) in [6.07, 6.45) is 3.80. The zero-order valence-corrected chi connectivity index (χ0v) is 16.5. The number of benzene rings is 3. The highest BCUT2D eigenvalue weighted by Gasteiger charge is 2.11. The van der Waals surface area contributed by atoms with E-state index in [1.807, 2.05) is 102 Å². The van der Waals surface area contributed by atoms with Gasteiger partial charge in [-0.05, 0) is 42.5 Å². The molecule has 1 aromatic heterocycles. The predicted octanol–water partition coefficient (Wildman–Crippen LogP) is 5.97. The van der Waals surface area contributed by atoms with Gasteiger partial charge in [0.15, 0.2) is 0 Å². The maximum absolute atomic E-state index is 12.6. The molecule has 4 aromatic rings. The van der Waals surface area contributed by atoms with E-state index in [2.05, 4.69) is 0 Å². The number of aromatic nitrogens is 2. The van der Waals surface area contributed by atoms with Gasteiger partial charge in [0, 0.05) is 32.6 Å². The van der Waals surface area contributed by atoms with Gasteiger partial charge in [0.2, 0.25) is 0 Å². The van der Waals surface area contributed by atoms with E-state index in [1.54, 1.807) is 5.41 Å². The molecule has 0 N–H and O–H groups in total. The highest BCUT2D eigenvalue weighted by atomic mass is 35.5. The highest BCUT2D eigenvalue weighted by Crippen LogP contribution is 2.26. The normalized spacial score (nSPS) is 12.3. The van der Waals surface area contributed by atoms with Crippen LogP contribution in [0, 0.1) is 0 Å². The molecule has 0 aliphatic heterocycles. The summed E-state index contributed by atoms with van der Waals surface area (Å²) in [4.78, 5) is 0.766. The van der Waals surface area contributed by atoms with Crippen LogP contribution in [0.3, 0.4) is 0 Å². The molecular weight excluding hydrogens is 388 g/mol. The van der Waals surface area contributed by atoms with Gasteiger partial charge in [0.05, 0.1) is 22.2 Å². The van der Waals surface area contributed by atoms with Crippen molar-refractivity contribution in [2.75, 3.05) is 0 Å². The first kappa shape index (κ1) is 18.4. The van der Waals surface area contributed by atoms with Crippen molar-refractivity contribution in [3.8, 4) is 16.9 Å². The second-order valence-electron chi connectivity index (χ2n) is 6.13. The third-order valence-electron chi connectivity index (χ3n) is 4.23. The van der Waals surface area contributed by atoms with Crippen LogP contribution in [0.5, 0.6) is 0 Å². The molecule has 0 saturated carbocycles. The molecule has 0 radical (unpaired) electrons. The Balaban J connectivity index is 1.74. The zero-order valence-electron chi connectivity index (χ0n) is 14.9. The molecule has 1 heterocycles. The van der Waals surface area contributed by atoms with Crippen molar-refractivity contribution in [3.05, 3.63) is 107 Å². The number of para-hydroxylation sites is 1. The monoisotopic (exact) mass is 404 g/mol. The van der Waals surface area contributed by atoms with Gasteiger partial charge in [-0.3, -0.25) is 0 Å². The lowest BCUT2D eigenvalue weighted by molar-refractivity contribution is 0.688. The minimum absolute atomic E-state index is 0.675. The standard InChI is InChI=1S/C23H17ClN2OS/c24-20-13-11-18(12-14-20)23-19(15-16-28(27)22-9-5-2-6-10-22)17-26(25-23)21-7-3-1-4-8-21/h1-17H/b16-15+. The van der Waals surface area contributed by atoms with E-state index < -0.39 is 10.8 Å². The topological polar surface area (TPSA) is 34.9 Å². The van der Waals surface area contributed by atoms with Gasteiger partial charge in [0.25, 0.3) is 0 Å². The van der Waals surface area contributed by atoms with Gasteiger partial charge in [-0.1, -0.05) is 60.1 Å². The average molecular weight is 405 g/mol. The van der Waals surface area contributed by atoms with Crippen LogP contribution in [-0.4, -0.2) is 14.0 Å². The molecule has 0 aliphatic carbocycles. The van der Waals surface area contributed by atoms with Crippen LogP contribution in [0.25, 0.3) is 23.0 Å². The summed E-state index contributed by atoms with van der Waals surface area (Å²) in [6, 6.07) is 26.8. The Morgan fingerprint density at radius 2 is 1.50 bits per heavy atom. The van der Waals surface area contributed by atoms with Crippen molar-refractivity contribution in [2.45, 2.75) is 4.90 Å². The molecule has 0 saturated heterocycles. The molecule has 1 atom stereocenters. The van der Waals surface area contributed by atoms with Crippen LogP contribution in [0.4, 0.5) is 0 Å². The van der Waals surface area contributed by atoms with Crippen molar-refractivity contribution in [1.29, 1.82) is 0 Å². The maximum atomic E-state index is 12.6. The van der Waals surface area contributed by atoms with Gasteiger partial charge in [-0.15, -0.1) is 0 Å². The number of halogens is 1. The molecule has 0 spiro atoms. The first-order valence-corrected chi connectivity index (χ1v) is 10.3. The van der Waals surface area contributed by atoms with Crippen LogP contribution >= 0.6 is 11.6 Å². The van der Waals surface area contributed by atoms with Crippen LogP contribution in [-0.2, 0) is 10.8 Å². The Morgan fingerprint density at radius 1 is 0.857 bits per heavy atom. The largest absolute Gasteiger partial charge is 0.250 e. The average Bonchev–Trinajstić information content (AvgIpc) is 3.18. The zero-order chi connectivity index (χ0) is 19.3. The third kappa shape index (κ3) is 4.14. The van der Waals surface area contributed by atoms with Gasteiger partial charge in [0.1, 0.15) is 0 Å². The second-order valence-corrected chi connectivity index (χ2v) is 7.91. The molecule has 1 unspecified atom stereocenters. The fraction of sp³-hybridized carbons (Fsp3) is 0. The number of nitrogens with zero attached hydrogens (tertiary/aromatic N) is 2. The Kier molecular flexibility index (Phi) is 5.51. The van der Waals surface area contributed by atoms with E-state index in [1.165, 1.54) is 0 Å². The fourth-order valence-electron chi connectivity index (χ4n) is 2.82. The molecule has 0 fully saturated rings. The van der Waals surface area contributed by atoms with Crippen molar-refractivity contribution in [2.24, 2.45) is 0 Å². The van der Waals surface area contributed by atoms with E-state index in [9.17, 15) is 4.21 Å². The van der Waals surface area contributed by atoms with Crippen LogP contribution in [0.2, 0.25) is 5.02 Å². The summed E-state index contributed by atoms with van der Waals surface area (Å²) in [5.74, 6) is 0. The summed E-state index contributed by atoms with van der Waals surface area (Å²) < 4.78 is 14.4. The summed E-state index contributed by atoms with van der Waals surface area (Å²) >= 11 is 6.03. The summed E-state index contributed by atoms with van der Waals surface area (Å²) in [5.41, 5.74) is 3.60.